The lowest BCUT2D eigenvalue weighted by atomic mass is 9.97. The highest BCUT2D eigenvalue weighted by molar-refractivity contribution is 5.79. The van der Waals surface area contributed by atoms with Crippen LogP contribution in [0.3, 0.4) is 0 Å². The fourth-order valence-electron chi connectivity index (χ4n) is 5.06. The van der Waals surface area contributed by atoms with Crippen molar-refractivity contribution >= 4 is 11.9 Å². The molecular weight excluding hydrogens is 472 g/mol. The van der Waals surface area contributed by atoms with Crippen LogP contribution in [0.1, 0.15) is 181 Å². The van der Waals surface area contributed by atoms with E-state index in [9.17, 15) is 9.59 Å². The van der Waals surface area contributed by atoms with Gasteiger partial charge in [0.25, 0.3) is 0 Å². The maximum atomic E-state index is 12.0. The number of hydrogen-bond donors (Lipinski definition) is 1. The van der Waals surface area contributed by atoms with Crippen LogP contribution in [0, 0.1) is 5.92 Å². The molecule has 1 unspecified atom stereocenters. The average Bonchev–Trinajstić information content (AvgIpc) is 2.90. The van der Waals surface area contributed by atoms with E-state index in [4.69, 9.17) is 9.84 Å². The monoisotopic (exact) mass is 536 g/mol. The van der Waals surface area contributed by atoms with Gasteiger partial charge in [-0.3, -0.25) is 9.59 Å². The second-order valence-corrected chi connectivity index (χ2v) is 11.4. The Morgan fingerprint density at radius 1 is 0.579 bits per heavy atom. The summed E-state index contributed by atoms with van der Waals surface area (Å²) in [6.45, 7) is 4.61. The van der Waals surface area contributed by atoms with Crippen LogP contribution in [-0.2, 0) is 14.3 Å². The topological polar surface area (TPSA) is 63.6 Å². The Kier molecular flexibility index (Phi) is 29.2. The molecule has 0 aliphatic carbocycles. The quantitative estimate of drug-likeness (QED) is 0.0563. The van der Waals surface area contributed by atoms with Gasteiger partial charge in [-0.2, -0.15) is 0 Å². The minimum atomic E-state index is -0.919. The lowest BCUT2D eigenvalue weighted by Gasteiger charge is -2.13. The molecule has 0 saturated carbocycles. The van der Waals surface area contributed by atoms with Gasteiger partial charge in [-0.05, 0) is 38.5 Å². The molecule has 0 aliphatic rings. The first-order chi connectivity index (χ1) is 18.6. The second-order valence-electron chi connectivity index (χ2n) is 11.4. The summed E-state index contributed by atoms with van der Waals surface area (Å²) < 4.78 is 5.15. The van der Waals surface area contributed by atoms with Crippen molar-refractivity contribution in [2.45, 2.75) is 181 Å². The van der Waals surface area contributed by atoms with Crippen LogP contribution in [0.2, 0.25) is 0 Å². The minimum absolute atomic E-state index is 0.115. The predicted octanol–water partition coefficient (Wildman–Crippen LogP) is 11.0. The Hall–Kier alpha value is -1.32. The summed E-state index contributed by atoms with van der Waals surface area (Å²) in [6, 6.07) is 0. The molecule has 0 fully saturated rings. The third-order valence-electron chi connectivity index (χ3n) is 7.52. The van der Waals surface area contributed by atoms with Gasteiger partial charge in [-0.15, -0.1) is 0 Å². The van der Waals surface area contributed by atoms with Crippen LogP contribution >= 0.6 is 0 Å². The zero-order valence-electron chi connectivity index (χ0n) is 25.5. The van der Waals surface area contributed by atoms with E-state index in [1.54, 1.807) is 0 Å². The first kappa shape index (κ1) is 36.7. The van der Waals surface area contributed by atoms with E-state index in [2.05, 4.69) is 19.1 Å². The fraction of sp³-hybridized carbons (Fsp3) is 0.882. The summed E-state index contributed by atoms with van der Waals surface area (Å²) in [4.78, 5) is 23.0. The van der Waals surface area contributed by atoms with E-state index in [0.29, 0.717) is 13.0 Å². The second kappa shape index (κ2) is 30.2. The van der Waals surface area contributed by atoms with Gasteiger partial charge in [0.15, 0.2) is 0 Å². The van der Waals surface area contributed by atoms with Gasteiger partial charge in [-0.25, -0.2) is 0 Å². The minimum Gasteiger partial charge on any atom is -0.481 e. The number of unbranched alkanes of at least 4 members (excludes halogenated alkanes) is 21. The van der Waals surface area contributed by atoms with E-state index in [1.165, 1.54) is 135 Å². The van der Waals surface area contributed by atoms with Gasteiger partial charge in [-0.1, -0.05) is 148 Å². The number of ether oxygens (including phenoxy) is 1. The molecule has 0 rings (SSSR count). The van der Waals surface area contributed by atoms with Gasteiger partial charge in [0.1, 0.15) is 0 Å². The molecule has 4 heteroatoms. The maximum Gasteiger partial charge on any atom is 0.309 e. The number of carboxylic acid groups (broad SMARTS) is 1. The molecule has 1 atom stereocenters. The molecule has 0 amide bonds. The molecule has 0 aliphatic heterocycles. The molecule has 0 spiro atoms. The van der Waals surface area contributed by atoms with Crippen molar-refractivity contribution in [1.82, 2.24) is 0 Å². The number of hydrogen-bond acceptors (Lipinski definition) is 3. The summed E-state index contributed by atoms with van der Waals surface area (Å²) >= 11 is 0. The highest BCUT2D eigenvalue weighted by atomic mass is 16.5. The summed E-state index contributed by atoms with van der Waals surface area (Å²) in [7, 11) is 0. The van der Waals surface area contributed by atoms with Gasteiger partial charge in [0.05, 0.1) is 18.9 Å². The molecule has 38 heavy (non-hydrogen) atoms. The van der Waals surface area contributed by atoms with Crippen LogP contribution in [0.25, 0.3) is 0 Å². The van der Waals surface area contributed by atoms with Crippen molar-refractivity contribution in [3.05, 3.63) is 12.2 Å². The highest BCUT2D eigenvalue weighted by Gasteiger charge is 2.22. The fourth-order valence-corrected chi connectivity index (χ4v) is 5.06. The van der Waals surface area contributed by atoms with Crippen LogP contribution in [0.4, 0.5) is 0 Å². The van der Waals surface area contributed by atoms with E-state index < -0.39 is 11.9 Å². The molecule has 0 bridgehead atoms. The number of esters is 1. The van der Waals surface area contributed by atoms with Crippen LogP contribution < -0.4 is 0 Å². The molecule has 0 aromatic rings. The molecule has 0 aromatic carbocycles. The normalized spacial score (nSPS) is 12.3. The Balaban J connectivity index is 3.38. The number of allylic oxidation sites excluding steroid dienone is 2. The largest absolute Gasteiger partial charge is 0.481 e. The number of aliphatic carboxylic acids is 1. The first-order valence-electron chi connectivity index (χ1n) is 16.6. The smallest absolute Gasteiger partial charge is 0.309 e. The van der Waals surface area contributed by atoms with Crippen LogP contribution in [0.5, 0.6) is 0 Å². The Bertz CT molecular complexity index is 543. The van der Waals surface area contributed by atoms with Gasteiger partial charge in [0.2, 0.25) is 0 Å². The van der Waals surface area contributed by atoms with Crippen molar-refractivity contribution in [2.75, 3.05) is 6.61 Å². The SMILES string of the molecule is CCCCCCCCCCCCCCC/C=C/CCCCCCCCCCC(CC(=O)O)C(=O)OCCC. The van der Waals surface area contributed by atoms with Crippen LogP contribution in [0.15, 0.2) is 12.2 Å². The molecule has 0 aromatic heterocycles. The number of carboxylic acids is 1. The van der Waals surface area contributed by atoms with Crippen molar-refractivity contribution in [2.24, 2.45) is 5.92 Å². The van der Waals surface area contributed by atoms with Crippen molar-refractivity contribution in [3.63, 3.8) is 0 Å². The van der Waals surface area contributed by atoms with Gasteiger partial charge >= 0.3 is 11.9 Å². The molecule has 0 saturated heterocycles. The van der Waals surface area contributed by atoms with Crippen molar-refractivity contribution in [3.8, 4) is 0 Å². The van der Waals surface area contributed by atoms with Gasteiger partial charge < -0.3 is 9.84 Å². The van der Waals surface area contributed by atoms with E-state index >= 15 is 0 Å². The lowest BCUT2D eigenvalue weighted by Crippen LogP contribution is -2.21. The highest BCUT2D eigenvalue weighted by Crippen LogP contribution is 2.18. The summed E-state index contributed by atoms with van der Waals surface area (Å²) in [5.41, 5.74) is 0. The number of rotatable bonds is 30. The first-order valence-corrected chi connectivity index (χ1v) is 16.6. The summed E-state index contributed by atoms with van der Waals surface area (Å²) in [5, 5.41) is 9.04. The molecule has 4 nitrogen and oxygen atoms in total. The van der Waals surface area contributed by atoms with E-state index in [-0.39, 0.29) is 12.4 Å². The van der Waals surface area contributed by atoms with Crippen molar-refractivity contribution in [1.29, 1.82) is 0 Å². The molecular formula is C34H64O4. The Morgan fingerprint density at radius 3 is 1.37 bits per heavy atom. The standard InChI is InChI=1S/C34H64O4/c1-3-5-6-7-8-9-10-11-12-13-14-15-16-17-18-19-20-21-22-23-24-25-26-27-28-29-32(31-33(35)36)34(37)38-30-4-2/h18-19,32H,3-17,20-31H2,1-2H3,(H,35,36)/b19-18+. The van der Waals surface area contributed by atoms with Crippen LogP contribution in [-0.4, -0.2) is 23.7 Å². The number of carbonyl (C=O) groups is 2. The van der Waals surface area contributed by atoms with Gasteiger partial charge in [0, 0.05) is 0 Å². The third kappa shape index (κ3) is 27.7. The Labute approximate surface area is 236 Å². The summed E-state index contributed by atoms with van der Waals surface area (Å²) in [5.74, 6) is -1.75. The van der Waals surface area contributed by atoms with E-state index in [0.717, 1.165) is 19.3 Å². The molecule has 1 N–H and O–H groups in total. The average molecular weight is 537 g/mol. The zero-order valence-corrected chi connectivity index (χ0v) is 25.5. The van der Waals surface area contributed by atoms with E-state index in [1.807, 2.05) is 6.92 Å². The summed E-state index contributed by atoms with van der Waals surface area (Å²) in [6.07, 6.45) is 36.6. The predicted molar refractivity (Wildman–Crippen MR) is 163 cm³/mol. The zero-order chi connectivity index (χ0) is 27.9. The molecule has 0 heterocycles. The van der Waals surface area contributed by atoms with Crippen molar-refractivity contribution < 1.29 is 19.4 Å². The molecule has 0 radical (unpaired) electrons. The number of carbonyl (C=O) groups excluding carboxylic acids is 1. The maximum absolute atomic E-state index is 12.0. The third-order valence-corrected chi connectivity index (χ3v) is 7.52. The lowest BCUT2D eigenvalue weighted by molar-refractivity contribution is -0.153. The Morgan fingerprint density at radius 2 is 0.974 bits per heavy atom. The molecule has 224 valence electrons.